The van der Waals surface area contributed by atoms with Crippen molar-refractivity contribution in [3.05, 3.63) is 44.0 Å². The van der Waals surface area contributed by atoms with Crippen LogP contribution >= 0.6 is 11.6 Å². The summed E-state index contributed by atoms with van der Waals surface area (Å²) in [5, 5.41) is 16.9. The van der Waals surface area contributed by atoms with Gasteiger partial charge in [-0.2, -0.15) is 8.78 Å². The first-order chi connectivity index (χ1) is 9.11. The Morgan fingerprint density at radius 1 is 1.20 bits per heavy atom. The van der Waals surface area contributed by atoms with E-state index in [0.717, 1.165) is 12.1 Å². The Labute approximate surface area is 114 Å². The molecule has 0 fully saturated rings. The summed E-state index contributed by atoms with van der Waals surface area (Å²) < 4.78 is 28.7. The van der Waals surface area contributed by atoms with Gasteiger partial charge in [0.2, 0.25) is 0 Å². The van der Waals surface area contributed by atoms with Gasteiger partial charge in [-0.05, 0) is 11.6 Å². The third kappa shape index (κ3) is 4.09. The molecule has 0 spiro atoms. The maximum absolute atomic E-state index is 12.3. The molecule has 8 nitrogen and oxygen atoms in total. The highest BCUT2D eigenvalue weighted by molar-refractivity contribution is 6.31. The van der Waals surface area contributed by atoms with E-state index in [4.69, 9.17) is 0 Å². The molecule has 1 aromatic carbocycles. The fourth-order valence-corrected chi connectivity index (χ4v) is 1.24. The molecular weight excluding hydrogens is 306 g/mol. The Morgan fingerprint density at radius 3 is 2.00 bits per heavy atom. The lowest BCUT2D eigenvalue weighted by Crippen LogP contribution is -2.24. The molecule has 20 heavy (non-hydrogen) atoms. The van der Waals surface area contributed by atoms with Gasteiger partial charge in [-0.1, -0.05) is 0 Å². The Balaban J connectivity index is 2.98. The maximum Gasteiger partial charge on any atom is 0.417 e. The minimum atomic E-state index is -4.24. The zero-order valence-corrected chi connectivity index (χ0v) is 10.2. The standard InChI is InChI=1S/C9H5ClF2N2O6/c10-9(11,12)8(15)20-4-5-1-6(13(16)17)3-7(2-5)14(18)19/h1-3H,4H2. The van der Waals surface area contributed by atoms with Crippen molar-refractivity contribution < 1.29 is 28.2 Å². The summed E-state index contributed by atoms with van der Waals surface area (Å²) in [6.07, 6.45) is 0. The summed E-state index contributed by atoms with van der Waals surface area (Å²) in [5.74, 6) is -2.06. The van der Waals surface area contributed by atoms with Crippen LogP contribution in [0, 0.1) is 20.2 Å². The molecule has 0 aliphatic rings. The third-order valence-corrected chi connectivity index (χ3v) is 2.14. The van der Waals surface area contributed by atoms with E-state index in [1.807, 2.05) is 0 Å². The molecule has 0 unspecified atom stereocenters. The number of esters is 1. The molecule has 0 bridgehead atoms. The molecule has 0 aliphatic carbocycles. The molecule has 0 saturated carbocycles. The van der Waals surface area contributed by atoms with Crippen molar-refractivity contribution in [3.8, 4) is 0 Å². The minimum absolute atomic E-state index is 0.194. The third-order valence-electron chi connectivity index (χ3n) is 1.99. The zero-order valence-electron chi connectivity index (χ0n) is 9.42. The number of carbonyl (C=O) groups is 1. The molecule has 0 radical (unpaired) electrons. The van der Waals surface area contributed by atoms with E-state index in [-0.39, 0.29) is 5.56 Å². The highest BCUT2D eigenvalue weighted by atomic mass is 35.5. The lowest BCUT2D eigenvalue weighted by Gasteiger charge is -2.08. The number of benzene rings is 1. The lowest BCUT2D eigenvalue weighted by atomic mass is 10.2. The van der Waals surface area contributed by atoms with Crippen molar-refractivity contribution in [3.63, 3.8) is 0 Å². The summed E-state index contributed by atoms with van der Waals surface area (Å²) in [6, 6.07) is 2.39. The first-order valence-corrected chi connectivity index (χ1v) is 5.15. The predicted octanol–water partition coefficient (Wildman–Crippen LogP) is 2.38. The summed E-state index contributed by atoms with van der Waals surface area (Å²) in [5.41, 5.74) is -1.47. The van der Waals surface area contributed by atoms with Crippen LogP contribution in [0.5, 0.6) is 0 Å². The van der Waals surface area contributed by atoms with E-state index in [1.54, 1.807) is 0 Å². The van der Waals surface area contributed by atoms with Crippen molar-refractivity contribution in [1.82, 2.24) is 0 Å². The fourth-order valence-electron chi connectivity index (χ4n) is 1.18. The Kier molecular flexibility index (Phi) is 4.50. The number of alkyl halides is 3. The first kappa shape index (κ1) is 15.7. The summed E-state index contributed by atoms with van der Waals surface area (Å²) in [6.45, 7) is -0.816. The van der Waals surface area contributed by atoms with Gasteiger partial charge in [-0.25, -0.2) is 4.79 Å². The van der Waals surface area contributed by atoms with Gasteiger partial charge >= 0.3 is 11.4 Å². The van der Waals surface area contributed by atoms with Crippen LogP contribution in [-0.4, -0.2) is 21.2 Å². The van der Waals surface area contributed by atoms with Crippen LogP contribution in [0.15, 0.2) is 18.2 Å². The smallest absolute Gasteiger partial charge is 0.417 e. The van der Waals surface area contributed by atoms with Gasteiger partial charge in [0.05, 0.1) is 15.9 Å². The number of rotatable bonds is 5. The molecule has 0 N–H and O–H groups in total. The van der Waals surface area contributed by atoms with Crippen LogP contribution in [0.1, 0.15) is 5.56 Å². The second-order valence-corrected chi connectivity index (χ2v) is 3.92. The van der Waals surface area contributed by atoms with E-state index < -0.39 is 39.2 Å². The van der Waals surface area contributed by atoms with Crippen LogP contribution in [0.4, 0.5) is 20.2 Å². The maximum atomic E-state index is 12.3. The predicted molar refractivity (Wildman–Crippen MR) is 60.3 cm³/mol. The van der Waals surface area contributed by atoms with Gasteiger partial charge in [0.25, 0.3) is 11.4 Å². The molecule has 1 rings (SSSR count). The Hall–Kier alpha value is -2.36. The first-order valence-electron chi connectivity index (χ1n) is 4.78. The monoisotopic (exact) mass is 310 g/mol. The van der Waals surface area contributed by atoms with Gasteiger partial charge in [0.1, 0.15) is 6.61 Å². The highest BCUT2D eigenvalue weighted by Gasteiger charge is 2.38. The highest BCUT2D eigenvalue weighted by Crippen LogP contribution is 2.25. The molecule has 0 aromatic heterocycles. The number of halogens is 3. The van der Waals surface area contributed by atoms with Crippen LogP contribution in [0.3, 0.4) is 0 Å². The van der Waals surface area contributed by atoms with Crippen molar-refractivity contribution in [2.24, 2.45) is 0 Å². The summed E-state index contributed by atoms with van der Waals surface area (Å²) >= 11 is 4.39. The molecule has 0 heterocycles. The van der Waals surface area contributed by atoms with Gasteiger partial charge in [-0.3, -0.25) is 20.2 Å². The Bertz CT molecular complexity index is 542. The van der Waals surface area contributed by atoms with E-state index >= 15 is 0 Å². The van der Waals surface area contributed by atoms with Gasteiger partial charge in [-0.15, -0.1) is 0 Å². The number of hydrogen-bond donors (Lipinski definition) is 0. The van der Waals surface area contributed by atoms with E-state index in [1.165, 1.54) is 0 Å². The zero-order chi connectivity index (χ0) is 15.5. The SMILES string of the molecule is O=C(OCc1cc([N+](=O)[O-])cc([N+](=O)[O-])c1)C(F)(F)Cl. The normalized spacial score (nSPS) is 10.9. The van der Waals surface area contributed by atoms with Crippen molar-refractivity contribution in [1.29, 1.82) is 0 Å². The number of nitro groups is 2. The summed E-state index contributed by atoms with van der Waals surface area (Å²) in [7, 11) is 0. The van der Waals surface area contributed by atoms with Gasteiger partial charge in [0, 0.05) is 17.7 Å². The van der Waals surface area contributed by atoms with E-state index in [0.29, 0.717) is 6.07 Å². The van der Waals surface area contributed by atoms with Crippen molar-refractivity contribution >= 4 is 28.9 Å². The average Bonchev–Trinajstić information content (AvgIpc) is 2.34. The number of non-ortho nitro benzene ring substituents is 2. The Morgan fingerprint density at radius 2 is 1.65 bits per heavy atom. The summed E-state index contributed by atoms with van der Waals surface area (Å²) in [4.78, 5) is 30.0. The van der Waals surface area contributed by atoms with Gasteiger partial charge < -0.3 is 4.74 Å². The van der Waals surface area contributed by atoms with Crippen LogP contribution in [-0.2, 0) is 16.1 Å². The average molecular weight is 311 g/mol. The van der Waals surface area contributed by atoms with Crippen LogP contribution in [0.2, 0.25) is 0 Å². The molecule has 11 heteroatoms. The largest absolute Gasteiger partial charge is 0.455 e. The molecule has 0 aliphatic heterocycles. The van der Waals surface area contributed by atoms with Gasteiger partial charge in [0.15, 0.2) is 0 Å². The molecule has 0 amide bonds. The molecule has 0 saturated heterocycles. The molecule has 108 valence electrons. The number of nitrogens with zero attached hydrogens (tertiary/aromatic N) is 2. The minimum Gasteiger partial charge on any atom is -0.455 e. The number of ether oxygens (including phenoxy) is 1. The topological polar surface area (TPSA) is 113 Å². The molecule has 1 aromatic rings. The van der Waals surface area contributed by atoms with Crippen molar-refractivity contribution in [2.45, 2.75) is 12.0 Å². The lowest BCUT2D eigenvalue weighted by molar-refractivity contribution is -0.394. The number of nitro benzene ring substituents is 2. The van der Waals surface area contributed by atoms with Crippen molar-refractivity contribution in [2.75, 3.05) is 0 Å². The second kappa shape index (κ2) is 5.74. The van der Waals surface area contributed by atoms with Crippen LogP contribution < -0.4 is 0 Å². The van der Waals surface area contributed by atoms with E-state index in [2.05, 4.69) is 16.3 Å². The quantitative estimate of drug-likeness (QED) is 0.357. The van der Waals surface area contributed by atoms with E-state index in [9.17, 15) is 33.8 Å². The number of hydrogen-bond acceptors (Lipinski definition) is 6. The van der Waals surface area contributed by atoms with Crippen LogP contribution in [0.25, 0.3) is 0 Å². The molecular formula is C9H5ClF2N2O6. The second-order valence-electron chi connectivity index (χ2n) is 3.45. The number of carbonyl (C=O) groups excluding carboxylic acids is 1. The fraction of sp³-hybridized carbons (Fsp3) is 0.222. The molecule has 0 atom stereocenters.